The molecule has 2 aromatic carbocycles. The van der Waals surface area contributed by atoms with Crippen molar-refractivity contribution in [2.24, 2.45) is 0 Å². The maximum absolute atomic E-state index is 12.2. The van der Waals surface area contributed by atoms with Gasteiger partial charge in [0.05, 0.1) is 0 Å². The molecular formula is C18H15NO3. The van der Waals surface area contributed by atoms with Crippen LogP contribution in [0.3, 0.4) is 0 Å². The van der Waals surface area contributed by atoms with Crippen LogP contribution in [0.1, 0.15) is 27.9 Å². The number of carbonyl (C=O) groups excluding carboxylic acids is 2. The summed E-state index contributed by atoms with van der Waals surface area (Å²) in [6.07, 6.45) is 4.33. The van der Waals surface area contributed by atoms with Gasteiger partial charge in [0.25, 0.3) is 0 Å². The van der Waals surface area contributed by atoms with E-state index < -0.39 is 0 Å². The molecule has 0 radical (unpaired) electrons. The van der Waals surface area contributed by atoms with E-state index in [4.69, 9.17) is 0 Å². The summed E-state index contributed by atoms with van der Waals surface area (Å²) < 4.78 is 0. The fourth-order valence-electron chi connectivity index (χ4n) is 2.39. The molecule has 0 fully saturated rings. The first-order chi connectivity index (χ1) is 10.6. The molecule has 2 aromatic rings. The molecule has 4 nitrogen and oxygen atoms in total. The minimum absolute atomic E-state index is 0.0128. The molecule has 1 amide bonds. The van der Waals surface area contributed by atoms with Gasteiger partial charge in [-0.25, -0.2) is 0 Å². The van der Waals surface area contributed by atoms with Gasteiger partial charge in [-0.2, -0.15) is 0 Å². The molecule has 4 heteroatoms. The largest absolute Gasteiger partial charge is 0.508 e. The van der Waals surface area contributed by atoms with E-state index in [9.17, 15) is 14.7 Å². The Kier molecular flexibility index (Phi) is 3.74. The van der Waals surface area contributed by atoms with Crippen LogP contribution in [-0.4, -0.2) is 16.8 Å². The highest BCUT2D eigenvalue weighted by Crippen LogP contribution is 2.24. The average molecular weight is 293 g/mol. The summed E-state index contributed by atoms with van der Waals surface area (Å²) in [6.45, 7) is 0. The van der Waals surface area contributed by atoms with Gasteiger partial charge in [0.2, 0.25) is 5.91 Å². The summed E-state index contributed by atoms with van der Waals surface area (Å²) in [7, 11) is 0. The molecule has 0 bridgehead atoms. The second kappa shape index (κ2) is 5.85. The smallest absolute Gasteiger partial charge is 0.224 e. The lowest BCUT2D eigenvalue weighted by Gasteiger charge is -2.16. The minimum atomic E-state index is -0.0900. The zero-order valence-corrected chi connectivity index (χ0v) is 11.9. The number of fused-ring (bicyclic) bond motifs is 1. The van der Waals surface area contributed by atoms with Crippen molar-refractivity contribution < 1.29 is 14.7 Å². The van der Waals surface area contributed by atoms with Crippen LogP contribution in [0.2, 0.25) is 0 Å². The van der Waals surface area contributed by atoms with Gasteiger partial charge in [-0.15, -0.1) is 0 Å². The van der Waals surface area contributed by atoms with Crippen molar-refractivity contribution in [1.29, 1.82) is 0 Å². The van der Waals surface area contributed by atoms with Crippen LogP contribution >= 0.6 is 0 Å². The minimum Gasteiger partial charge on any atom is -0.508 e. The summed E-state index contributed by atoms with van der Waals surface area (Å²) in [4.78, 5) is 23.5. The Morgan fingerprint density at radius 2 is 1.86 bits per heavy atom. The van der Waals surface area contributed by atoms with E-state index in [1.54, 1.807) is 42.5 Å². The Balaban J connectivity index is 1.78. The maximum Gasteiger partial charge on any atom is 0.224 e. The molecule has 110 valence electrons. The lowest BCUT2D eigenvalue weighted by molar-refractivity contribution is -0.116. The molecule has 22 heavy (non-hydrogen) atoms. The van der Waals surface area contributed by atoms with Crippen molar-refractivity contribution in [3.05, 3.63) is 65.2 Å². The number of ketones is 1. The Morgan fingerprint density at radius 1 is 1.09 bits per heavy atom. The molecule has 1 aliphatic rings. The highest BCUT2D eigenvalue weighted by Gasteiger charge is 2.15. The fourth-order valence-corrected chi connectivity index (χ4v) is 2.39. The summed E-state index contributed by atoms with van der Waals surface area (Å²) in [5, 5.41) is 12.0. The van der Waals surface area contributed by atoms with Gasteiger partial charge in [0.15, 0.2) is 5.78 Å². The number of rotatable bonds is 3. The van der Waals surface area contributed by atoms with E-state index in [0.717, 1.165) is 16.8 Å². The number of amides is 1. The molecule has 2 N–H and O–H groups in total. The van der Waals surface area contributed by atoms with Gasteiger partial charge in [-0.3, -0.25) is 9.59 Å². The first-order valence-corrected chi connectivity index (χ1v) is 7.06. The van der Waals surface area contributed by atoms with E-state index in [2.05, 4.69) is 5.32 Å². The number of allylic oxidation sites excluding steroid dienone is 1. The third kappa shape index (κ3) is 3.06. The van der Waals surface area contributed by atoms with E-state index in [0.29, 0.717) is 18.4 Å². The van der Waals surface area contributed by atoms with Gasteiger partial charge in [0.1, 0.15) is 5.75 Å². The molecule has 0 aliphatic carbocycles. The molecule has 3 rings (SSSR count). The number of nitrogens with one attached hydrogen (secondary N) is 1. The van der Waals surface area contributed by atoms with Crippen molar-refractivity contribution in [2.45, 2.75) is 12.8 Å². The topological polar surface area (TPSA) is 66.4 Å². The van der Waals surface area contributed by atoms with Crippen LogP contribution in [0.4, 0.5) is 5.69 Å². The number of phenols is 1. The van der Waals surface area contributed by atoms with Crippen molar-refractivity contribution in [3.63, 3.8) is 0 Å². The average Bonchev–Trinajstić information content (AvgIpc) is 2.53. The first kappa shape index (κ1) is 14.1. The number of aromatic hydroxyl groups is 1. The third-order valence-corrected chi connectivity index (χ3v) is 3.61. The van der Waals surface area contributed by atoms with Crippen LogP contribution in [0.5, 0.6) is 5.75 Å². The Hall–Kier alpha value is -2.88. The quantitative estimate of drug-likeness (QED) is 0.674. The summed E-state index contributed by atoms with van der Waals surface area (Å²) in [5.74, 6) is 0.117. The van der Waals surface area contributed by atoms with Crippen LogP contribution in [0.15, 0.2) is 48.5 Å². The lowest BCUT2D eigenvalue weighted by Crippen LogP contribution is -2.19. The van der Waals surface area contributed by atoms with Gasteiger partial charge in [-0.05, 0) is 54.0 Å². The third-order valence-electron chi connectivity index (χ3n) is 3.61. The van der Waals surface area contributed by atoms with E-state index in [-0.39, 0.29) is 17.4 Å². The number of carbonyl (C=O) groups is 2. The van der Waals surface area contributed by atoms with Crippen LogP contribution in [0.25, 0.3) is 6.08 Å². The number of aryl methyl sites for hydroxylation is 1. The number of phenolic OH excluding ortho intramolecular Hbond substituents is 1. The second-order valence-electron chi connectivity index (χ2n) is 5.21. The summed E-state index contributed by atoms with van der Waals surface area (Å²) in [6, 6.07) is 11.9. The molecule has 0 atom stereocenters. The number of hydrogen-bond acceptors (Lipinski definition) is 3. The molecule has 0 saturated carbocycles. The van der Waals surface area contributed by atoms with Crippen LogP contribution < -0.4 is 5.32 Å². The molecule has 1 aliphatic heterocycles. The molecule has 0 saturated heterocycles. The van der Waals surface area contributed by atoms with E-state index in [1.807, 2.05) is 6.07 Å². The zero-order chi connectivity index (χ0) is 15.5. The van der Waals surface area contributed by atoms with Crippen molar-refractivity contribution in [3.8, 4) is 5.75 Å². The zero-order valence-electron chi connectivity index (χ0n) is 11.9. The molecule has 0 unspecified atom stereocenters. The molecule has 0 spiro atoms. The van der Waals surface area contributed by atoms with Crippen molar-refractivity contribution in [2.75, 3.05) is 5.32 Å². The number of hydrogen-bond donors (Lipinski definition) is 2. The Labute approximate surface area is 128 Å². The lowest BCUT2D eigenvalue weighted by atomic mass is 9.98. The maximum atomic E-state index is 12.2. The van der Waals surface area contributed by atoms with E-state index in [1.165, 1.54) is 6.08 Å². The Bertz CT molecular complexity index is 760. The molecule has 1 heterocycles. The second-order valence-corrected chi connectivity index (χ2v) is 5.21. The van der Waals surface area contributed by atoms with Gasteiger partial charge >= 0.3 is 0 Å². The summed E-state index contributed by atoms with van der Waals surface area (Å²) >= 11 is 0. The predicted octanol–water partition coefficient (Wildman–Crippen LogP) is 3.17. The highest BCUT2D eigenvalue weighted by molar-refractivity contribution is 6.07. The molecule has 0 aromatic heterocycles. The number of benzene rings is 2. The van der Waals surface area contributed by atoms with E-state index >= 15 is 0 Å². The van der Waals surface area contributed by atoms with Crippen molar-refractivity contribution in [1.82, 2.24) is 0 Å². The monoisotopic (exact) mass is 293 g/mol. The predicted molar refractivity (Wildman–Crippen MR) is 84.9 cm³/mol. The Morgan fingerprint density at radius 3 is 2.64 bits per heavy atom. The standard InChI is InChI=1S/C18H15NO3/c20-15-6-1-12(2-7-15)3-9-17(21)14-4-8-16-13(11-14)5-10-18(22)19-16/h1-4,6-9,11,20H,5,10H2,(H,19,22). The SMILES string of the molecule is O=C1CCc2cc(C(=O)C=Cc3ccc(O)cc3)ccc2N1. The van der Waals surface area contributed by atoms with Crippen molar-refractivity contribution >= 4 is 23.5 Å². The van der Waals surface area contributed by atoms with Gasteiger partial charge in [-0.1, -0.05) is 18.2 Å². The number of anilines is 1. The van der Waals surface area contributed by atoms with Gasteiger partial charge in [0, 0.05) is 17.7 Å². The summed E-state index contributed by atoms with van der Waals surface area (Å²) in [5.41, 5.74) is 3.22. The van der Waals surface area contributed by atoms with Crippen LogP contribution in [0, 0.1) is 0 Å². The normalized spacial score (nSPS) is 13.7. The van der Waals surface area contributed by atoms with Crippen LogP contribution in [-0.2, 0) is 11.2 Å². The highest BCUT2D eigenvalue weighted by atomic mass is 16.3. The first-order valence-electron chi connectivity index (χ1n) is 7.06. The van der Waals surface area contributed by atoms with Gasteiger partial charge < -0.3 is 10.4 Å². The fraction of sp³-hybridized carbons (Fsp3) is 0.111. The molecular weight excluding hydrogens is 278 g/mol.